The van der Waals surface area contributed by atoms with E-state index in [9.17, 15) is 9.90 Å². The third-order valence-electron chi connectivity index (χ3n) is 3.61. The summed E-state index contributed by atoms with van der Waals surface area (Å²) in [4.78, 5) is 14.7. The van der Waals surface area contributed by atoms with Gasteiger partial charge in [0.2, 0.25) is 0 Å². The topological polar surface area (TPSA) is 40.5 Å². The number of carboxylic acids is 1. The van der Waals surface area contributed by atoms with E-state index in [1.165, 1.54) is 10.4 Å². The van der Waals surface area contributed by atoms with E-state index < -0.39 is 12.0 Å². The fourth-order valence-electron chi connectivity index (χ4n) is 2.62. The van der Waals surface area contributed by atoms with Crippen LogP contribution in [0, 0.1) is 0 Å². The summed E-state index contributed by atoms with van der Waals surface area (Å²) in [5, 5.41) is 11.5. The average Bonchev–Trinajstić information content (AvgIpc) is 2.83. The zero-order valence-corrected chi connectivity index (χ0v) is 13.2. The molecule has 0 bridgehead atoms. The van der Waals surface area contributed by atoms with Crippen LogP contribution < -0.4 is 0 Å². The second-order valence-corrected chi connectivity index (χ2v) is 6.87. The van der Waals surface area contributed by atoms with Crippen LogP contribution in [0.15, 0.2) is 40.2 Å². The monoisotopic (exact) mass is 351 g/mol. The average molecular weight is 352 g/mol. The van der Waals surface area contributed by atoms with E-state index in [0.29, 0.717) is 19.5 Å². The number of fused-ring (bicyclic) bond motifs is 1. The van der Waals surface area contributed by atoms with Crippen molar-refractivity contribution in [2.75, 3.05) is 0 Å². The van der Waals surface area contributed by atoms with Gasteiger partial charge in [-0.25, -0.2) is 0 Å². The first-order valence-electron chi connectivity index (χ1n) is 6.40. The standard InChI is InChI=1S/C15H14BrNO2S/c16-12-6-13(20-9-12)8-17-7-11-4-2-1-3-10(11)5-14(17)15(18)19/h1-4,6,9,14H,5,7-8H2,(H,18,19)/t14-/m0/s1. The summed E-state index contributed by atoms with van der Waals surface area (Å²) >= 11 is 5.10. The summed E-state index contributed by atoms with van der Waals surface area (Å²) in [6.07, 6.45) is 0.581. The first-order chi connectivity index (χ1) is 9.63. The minimum Gasteiger partial charge on any atom is -0.480 e. The lowest BCUT2D eigenvalue weighted by Crippen LogP contribution is -2.44. The molecule has 0 saturated heterocycles. The number of halogens is 1. The predicted octanol–water partition coefficient (Wildman–Crippen LogP) is 3.52. The zero-order chi connectivity index (χ0) is 14.1. The van der Waals surface area contributed by atoms with Crippen LogP contribution in [0.1, 0.15) is 16.0 Å². The molecule has 5 heteroatoms. The maximum absolute atomic E-state index is 11.5. The van der Waals surface area contributed by atoms with Crippen LogP contribution >= 0.6 is 27.3 Å². The molecule has 2 aromatic rings. The van der Waals surface area contributed by atoms with Crippen molar-refractivity contribution in [1.29, 1.82) is 0 Å². The van der Waals surface area contributed by atoms with Crippen molar-refractivity contribution < 1.29 is 9.90 Å². The van der Waals surface area contributed by atoms with Crippen molar-refractivity contribution in [2.24, 2.45) is 0 Å². The van der Waals surface area contributed by atoms with Crippen molar-refractivity contribution in [3.05, 3.63) is 56.2 Å². The molecule has 0 unspecified atom stereocenters. The summed E-state index contributed by atoms with van der Waals surface area (Å²) in [6.45, 7) is 1.38. The van der Waals surface area contributed by atoms with E-state index in [1.807, 2.05) is 28.5 Å². The van der Waals surface area contributed by atoms with Gasteiger partial charge in [-0.1, -0.05) is 24.3 Å². The Morgan fingerprint density at radius 3 is 2.80 bits per heavy atom. The summed E-state index contributed by atoms with van der Waals surface area (Å²) in [5.41, 5.74) is 2.39. The fraction of sp³-hybridized carbons (Fsp3) is 0.267. The molecule has 20 heavy (non-hydrogen) atoms. The van der Waals surface area contributed by atoms with Crippen LogP contribution in [0.3, 0.4) is 0 Å². The van der Waals surface area contributed by atoms with Gasteiger partial charge in [-0.05, 0) is 39.5 Å². The number of thiophene rings is 1. The van der Waals surface area contributed by atoms with E-state index in [2.05, 4.69) is 28.1 Å². The van der Waals surface area contributed by atoms with E-state index in [1.54, 1.807) is 11.3 Å². The first kappa shape index (κ1) is 13.8. The molecule has 0 amide bonds. The van der Waals surface area contributed by atoms with Gasteiger partial charge in [-0.2, -0.15) is 0 Å². The van der Waals surface area contributed by atoms with Crippen LogP contribution in [0.25, 0.3) is 0 Å². The van der Waals surface area contributed by atoms with Gasteiger partial charge in [0.25, 0.3) is 0 Å². The molecule has 1 atom stereocenters. The predicted molar refractivity (Wildman–Crippen MR) is 82.8 cm³/mol. The highest BCUT2D eigenvalue weighted by molar-refractivity contribution is 9.10. The van der Waals surface area contributed by atoms with Crippen molar-refractivity contribution in [1.82, 2.24) is 4.90 Å². The summed E-state index contributed by atoms with van der Waals surface area (Å²) in [7, 11) is 0. The molecule has 1 aliphatic heterocycles. The highest BCUT2D eigenvalue weighted by Gasteiger charge is 2.31. The Kier molecular flexibility index (Phi) is 3.92. The number of benzene rings is 1. The number of hydrogen-bond acceptors (Lipinski definition) is 3. The molecular weight excluding hydrogens is 338 g/mol. The van der Waals surface area contributed by atoms with Crippen molar-refractivity contribution in [3.8, 4) is 0 Å². The Labute approximate surface area is 130 Å². The number of carbonyl (C=O) groups is 1. The zero-order valence-electron chi connectivity index (χ0n) is 10.8. The highest BCUT2D eigenvalue weighted by atomic mass is 79.9. The molecule has 104 valence electrons. The molecule has 3 rings (SSSR count). The Hall–Kier alpha value is -1.17. The minimum atomic E-state index is -0.741. The Morgan fingerprint density at radius 2 is 2.15 bits per heavy atom. The smallest absolute Gasteiger partial charge is 0.321 e. The normalized spacial score (nSPS) is 18.8. The lowest BCUT2D eigenvalue weighted by Gasteiger charge is -2.34. The van der Waals surface area contributed by atoms with Gasteiger partial charge in [0.15, 0.2) is 0 Å². The molecule has 3 nitrogen and oxygen atoms in total. The molecule has 1 aromatic heterocycles. The van der Waals surface area contributed by atoms with Crippen molar-refractivity contribution in [2.45, 2.75) is 25.6 Å². The molecule has 0 radical (unpaired) electrons. The maximum Gasteiger partial charge on any atom is 0.321 e. The number of aliphatic carboxylic acids is 1. The Balaban J connectivity index is 1.86. The van der Waals surface area contributed by atoms with Crippen LogP contribution in [-0.2, 0) is 24.3 Å². The molecule has 1 aliphatic rings. The highest BCUT2D eigenvalue weighted by Crippen LogP contribution is 2.27. The lowest BCUT2D eigenvalue weighted by molar-refractivity contribution is -0.144. The van der Waals surface area contributed by atoms with E-state index in [0.717, 1.165) is 10.0 Å². The summed E-state index contributed by atoms with van der Waals surface area (Å²) < 4.78 is 1.06. The molecule has 0 fully saturated rings. The molecule has 2 heterocycles. The molecule has 0 spiro atoms. The van der Waals surface area contributed by atoms with E-state index in [4.69, 9.17) is 0 Å². The second-order valence-electron chi connectivity index (χ2n) is 4.96. The summed E-state index contributed by atoms with van der Waals surface area (Å²) in [5.74, 6) is -0.741. The van der Waals surface area contributed by atoms with Gasteiger partial charge < -0.3 is 5.11 Å². The molecule has 1 N–H and O–H groups in total. The summed E-state index contributed by atoms with van der Waals surface area (Å²) in [6, 6.07) is 9.73. The van der Waals surface area contributed by atoms with Crippen LogP contribution in [0.4, 0.5) is 0 Å². The third kappa shape index (κ3) is 2.80. The van der Waals surface area contributed by atoms with E-state index >= 15 is 0 Å². The SMILES string of the molecule is O=C(O)[C@@H]1Cc2ccccc2CN1Cc1cc(Br)cs1. The van der Waals surface area contributed by atoms with Gasteiger partial charge in [0.05, 0.1) is 0 Å². The van der Waals surface area contributed by atoms with E-state index in [-0.39, 0.29) is 0 Å². The molecule has 0 aliphatic carbocycles. The maximum atomic E-state index is 11.5. The number of hydrogen-bond donors (Lipinski definition) is 1. The third-order valence-corrected chi connectivity index (χ3v) is 5.29. The number of carboxylic acid groups (broad SMARTS) is 1. The van der Waals surface area contributed by atoms with Gasteiger partial charge in [-0.15, -0.1) is 11.3 Å². The van der Waals surface area contributed by atoms with Crippen LogP contribution in [-0.4, -0.2) is 22.0 Å². The largest absolute Gasteiger partial charge is 0.480 e. The van der Waals surface area contributed by atoms with Gasteiger partial charge in [0, 0.05) is 27.8 Å². The molecular formula is C15H14BrNO2S. The van der Waals surface area contributed by atoms with Gasteiger partial charge >= 0.3 is 5.97 Å². The molecule has 1 aromatic carbocycles. The Bertz CT molecular complexity index is 640. The fourth-order valence-corrected chi connectivity index (χ4v) is 4.10. The van der Waals surface area contributed by atoms with Crippen LogP contribution in [0.2, 0.25) is 0 Å². The first-order valence-corrected chi connectivity index (χ1v) is 8.07. The minimum absolute atomic E-state index is 0.439. The van der Waals surface area contributed by atoms with Crippen molar-refractivity contribution in [3.63, 3.8) is 0 Å². The van der Waals surface area contributed by atoms with Crippen molar-refractivity contribution >= 4 is 33.2 Å². The second kappa shape index (κ2) is 5.68. The quantitative estimate of drug-likeness (QED) is 0.919. The van der Waals surface area contributed by atoms with Gasteiger partial charge in [-0.3, -0.25) is 9.69 Å². The Morgan fingerprint density at radius 1 is 1.40 bits per heavy atom. The number of nitrogens with zero attached hydrogens (tertiary/aromatic N) is 1. The van der Waals surface area contributed by atoms with Gasteiger partial charge in [0.1, 0.15) is 6.04 Å². The lowest BCUT2D eigenvalue weighted by atomic mass is 9.94. The number of rotatable bonds is 3. The molecule has 0 saturated carbocycles. The van der Waals surface area contributed by atoms with Crippen LogP contribution in [0.5, 0.6) is 0 Å².